The quantitative estimate of drug-likeness (QED) is 0.839. The van der Waals surface area contributed by atoms with Gasteiger partial charge in [-0.1, -0.05) is 18.2 Å². The van der Waals surface area contributed by atoms with E-state index in [-0.39, 0.29) is 18.0 Å². The van der Waals surface area contributed by atoms with Crippen LogP contribution in [0.25, 0.3) is 10.9 Å². The van der Waals surface area contributed by atoms with E-state index in [4.69, 9.17) is 0 Å². The maximum Gasteiger partial charge on any atom is 0.330 e. The fourth-order valence-electron chi connectivity index (χ4n) is 2.18. The van der Waals surface area contributed by atoms with E-state index in [9.17, 15) is 14.4 Å². The number of pyridine rings is 1. The standard InChI is InChI=1S/C15H16N2O4/c1-10(18)16-12(15(20)21-2)9-17-13-6-4-3-5-11(13)7-8-14(17)19/h3-8,12H,9H2,1-2H3,(H,16,18). The third-order valence-corrected chi connectivity index (χ3v) is 3.13. The monoisotopic (exact) mass is 288 g/mol. The number of carbonyl (C=O) groups excluding carboxylic acids is 2. The lowest BCUT2D eigenvalue weighted by Gasteiger charge is -2.18. The number of nitrogens with zero attached hydrogens (tertiary/aromatic N) is 1. The number of nitrogens with one attached hydrogen (secondary N) is 1. The van der Waals surface area contributed by atoms with Crippen molar-refractivity contribution in [1.29, 1.82) is 0 Å². The van der Waals surface area contributed by atoms with Gasteiger partial charge in [0.05, 0.1) is 19.2 Å². The average molecular weight is 288 g/mol. The minimum Gasteiger partial charge on any atom is -0.467 e. The number of ether oxygens (including phenoxy) is 1. The molecule has 6 heteroatoms. The Balaban J connectivity index is 2.45. The number of para-hydroxylation sites is 1. The van der Waals surface area contributed by atoms with Crippen LogP contribution in [0.1, 0.15) is 6.92 Å². The van der Waals surface area contributed by atoms with Gasteiger partial charge < -0.3 is 14.6 Å². The highest BCUT2D eigenvalue weighted by Gasteiger charge is 2.21. The minimum absolute atomic E-state index is 0.0203. The van der Waals surface area contributed by atoms with E-state index in [1.807, 2.05) is 18.2 Å². The number of carbonyl (C=O) groups is 2. The zero-order chi connectivity index (χ0) is 15.4. The molecule has 1 aromatic carbocycles. The lowest BCUT2D eigenvalue weighted by Crippen LogP contribution is -2.45. The number of rotatable bonds is 4. The molecular weight excluding hydrogens is 272 g/mol. The first kappa shape index (κ1) is 14.8. The summed E-state index contributed by atoms with van der Waals surface area (Å²) in [5.41, 5.74) is 0.456. The van der Waals surface area contributed by atoms with Crippen molar-refractivity contribution in [3.8, 4) is 0 Å². The fourth-order valence-corrected chi connectivity index (χ4v) is 2.18. The molecule has 1 aromatic heterocycles. The fraction of sp³-hybridized carbons (Fsp3) is 0.267. The molecule has 1 atom stereocenters. The van der Waals surface area contributed by atoms with Crippen molar-refractivity contribution in [2.75, 3.05) is 7.11 Å². The van der Waals surface area contributed by atoms with Gasteiger partial charge in [0.25, 0.3) is 5.56 Å². The number of fused-ring (bicyclic) bond motifs is 1. The summed E-state index contributed by atoms with van der Waals surface area (Å²) in [4.78, 5) is 35.0. The lowest BCUT2D eigenvalue weighted by molar-refractivity contribution is -0.145. The Hall–Kier alpha value is -2.63. The van der Waals surface area contributed by atoms with Crippen molar-refractivity contribution in [1.82, 2.24) is 9.88 Å². The highest BCUT2D eigenvalue weighted by Crippen LogP contribution is 2.11. The van der Waals surface area contributed by atoms with Crippen molar-refractivity contribution in [3.05, 3.63) is 46.8 Å². The summed E-state index contributed by atoms with van der Waals surface area (Å²) < 4.78 is 6.12. The van der Waals surface area contributed by atoms with Gasteiger partial charge in [0.1, 0.15) is 6.04 Å². The molecule has 6 nitrogen and oxygen atoms in total. The first-order valence-electron chi connectivity index (χ1n) is 6.46. The van der Waals surface area contributed by atoms with Crippen LogP contribution in [0.5, 0.6) is 0 Å². The van der Waals surface area contributed by atoms with Crippen molar-refractivity contribution in [3.63, 3.8) is 0 Å². The maximum atomic E-state index is 12.1. The van der Waals surface area contributed by atoms with Crippen molar-refractivity contribution in [2.24, 2.45) is 0 Å². The van der Waals surface area contributed by atoms with Crippen LogP contribution < -0.4 is 10.9 Å². The SMILES string of the molecule is COC(=O)C(Cn1c(=O)ccc2ccccc21)NC(C)=O. The first-order chi connectivity index (χ1) is 10.0. The summed E-state index contributed by atoms with van der Waals surface area (Å²) >= 11 is 0. The molecule has 2 rings (SSSR count). The van der Waals surface area contributed by atoms with Gasteiger partial charge >= 0.3 is 5.97 Å². The Morgan fingerprint density at radius 3 is 2.62 bits per heavy atom. The maximum absolute atomic E-state index is 12.1. The predicted molar refractivity (Wildman–Crippen MR) is 77.8 cm³/mol. The van der Waals surface area contributed by atoms with E-state index in [0.29, 0.717) is 5.52 Å². The molecule has 0 spiro atoms. The second kappa shape index (κ2) is 6.21. The van der Waals surface area contributed by atoms with E-state index in [1.54, 1.807) is 12.1 Å². The number of benzene rings is 1. The van der Waals surface area contributed by atoms with Crippen LogP contribution >= 0.6 is 0 Å². The van der Waals surface area contributed by atoms with Gasteiger partial charge in [-0.25, -0.2) is 4.79 Å². The Morgan fingerprint density at radius 2 is 1.95 bits per heavy atom. The van der Waals surface area contributed by atoms with Crippen LogP contribution in [-0.2, 0) is 20.9 Å². The van der Waals surface area contributed by atoms with Gasteiger partial charge in [0, 0.05) is 13.0 Å². The molecule has 21 heavy (non-hydrogen) atoms. The minimum atomic E-state index is -0.906. The normalized spacial score (nSPS) is 11.9. The molecule has 110 valence electrons. The molecule has 1 heterocycles. The molecule has 0 fully saturated rings. The van der Waals surface area contributed by atoms with Gasteiger partial charge in [-0.15, -0.1) is 0 Å². The largest absolute Gasteiger partial charge is 0.467 e. The van der Waals surface area contributed by atoms with Crippen LogP contribution in [0.4, 0.5) is 0 Å². The number of esters is 1. The van der Waals surface area contributed by atoms with E-state index in [2.05, 4.69) is 10.1 Å². The van der Waals surface area contributed by atoms with Crippen molar-refractivity contribution in [2.45, 2.75) is 19.5 Å². The molecule has 0 saturated carbocycles. The van der Waals surface area contributed by atoms with Gasteiger partial charge in [0.15, 0.2) is 0 Å². The zero-order valence-electron chi connectivity index (χ0n) is 11.8. The molecule has 0 aliphatic carbocycles. The predicted octanol–water partition coefficient (Wildman–Crippen LogP) is 0.679. The Kier molecular flexibility index (Phi) is 4.37. The third-order valence-electron chi connectivity index (χ3n) is 3.13. The molecule has 0 bridgehead atoms. The van der Waals surface area contributed by atoms with Crippen molar-refractivity contribution < 1.29 is 14.3 Å². The summed E-state index contributed by atoms with van der Waals surface area (Å²) in [6.07, 6.45) is 0. The third kappa shape index (κ3) is 3.28. The highest BCUT2D eigenvalue weighted by atomic mass is 16.5. The smallest absolute Gasteiger partial charge is 0.330 e. The molecule has 0 aliphatic heterocycles. The van der Waals surface area contributed by atoms with Gasteiger partial charge in [-0.3, -0.25) is 9.59 Å². The number of aromatic nitrogens is 1. The molecule has 0 radical (unpaired) electrons. The number of methoxy groups -OCH3 is 1. The summed E-state index contributed by atoms with van der Waals surface area (Å²) in [5, 5.41) is 3.38. The second-order valence-electron chi connectivity index (χ2n) is 4.62. The molecule has 1 unspecified atom stereocenters. The van der Waals surface area contributed by atoms with Crippen LogP contribution in [-0.4, -0.2) is 29.6 Å². The Labute approximate surface area is 121 Å². The number of hydrogen-bond donors (Lipinski definition) is 1. The van der Waals surface area contributed by atoms with Crippen LogP contribution in [0.2, 0.25) is 0 Å². The molecule has 2 aromatic rings. The number of hydrogen-bond acceptors (Lipinski definition) is 4. The summed E-state index contributed by atoms with van der Waals surface area (Å²) in [5.74, 6) is -0.955. The van der Waals surface area contributed by atoms with Crippen molar-refractivity contribution >= 4 is 22.8 Å². The molecule has 1 amide bonds. The molecule has 0 aliphatic rings. The second-order valence-corrected chi connectivity index (χ2v) is 4.62. The summed E-state index contributed by atoms with van der Waals surface area (Å²) in [6, 6.07) is 9.59. The van der Waals surface area contributed by atoms with Crippen LogP contribution in [0, 0.1) is 0 Å². The zero-order valence-corrected chi connectivity index (χ0v) is 11.8. The number of amides is 1. The topological polar surface area (TPSA) is 77.4 Å². The van der Waals surface area contributed by atoms with E-state index >= 15 is 0 Å². The summed E-state index contributed by atoms with van der Waals surface area (Å²) in [6.45, 7) is 1.33. The highest BCUT2D eigenvalue weighted by molar-refractivity contribution is 5.83. The molecule has 1 N–H and O–H groups in total. The van der Waals surface area contributed by atoms with Gasteiger partial charge in [0.2, 0.25) is 5.91 Å². The molecule has 0 saturated heterocycles. The first-order valence-corrected chi connectivity index (χ1v) is 6.46. The van der Waals surface area contributed by atoms with E-state index < -0.39 is 12.0 Å². The van der Waals surface area contributed by atoms with Gasteiger partial charge in [-0.05, 0) is 17.5 Å². The Bertz CT molecular complexity index is 736. The van der Waals surface area contributed by atoms with E-state index in [0.717, 1.165) is 5.39 Å². The molecular formula is C15H16N2O4. The van der Waals surface area contributed by atoms with Gasteiger partial charge in [-0.2, -0.15) is 0 Å². The lowest BCUT2D eigenvalue weighted by atomic mass is 10.2. The van der Waals surface area contributed by atoms with E-state index in [1.165, 1.54) is 24.7 Å². The summed E-state index contributed by atoms with van der Waals surface area (Å²) in [7, 11) is 1.24. The Morgan fingerprint density at radius 1 is 1.24 bits per heavy atom. The van der Waals surface area contributed by atoms with Crippen LogP contribution in [0.15, 0.2) is 41.2 Å². The average Bonchev–Trinajstić information content (AvgIpc) is 2.48. The van der Waals surface area contributed by atoms with Crippen LogP contribution in [0.3, 0.4) is 0 Å².